The highest BCUT2D eigenvalue weighted by molar-refractivity contribution is 5.83. The number of carbonyl (C=O) groups is 1. The predicted octanol–water partition coefficient (Wildman–Crippen LogP) is 2.52. The molecular formula is C16H21NO3. The maximum atomic E-state index is 12.3. The second-order valence-corrected chi connectivity index (χ2v) is 5.85. The fraction of sp³-hybridized carbons (Fsp3) is 0.562. The lowest BCUT2D eigenvalue weighted by molar-refractivity contribution is -0.160. The van der Waals surface area contributed by atoms with Gasteiger partial charge in [-0.25, -0.2) is 4.79 Å². The van der Waals surface area contributed by atoms with Crippen LogP contribution in [0.15, 0.2) is 24.3 Å². The topological polar surface area (TPSA) is 47.6 Å². The molecule has 3 atom stereocenters. The van der Waals surface area contributed by atoms with Gasteiger partial charge < -0.3 is 14.8 Å². The highest BCUT2D eigenvalue weighted by Gasteiger charge is 2.32. The van der Waals surface area contributed by atoms with Crippen LogP contribution in [0.1, 0.15) is 32.3 Å². The third-order valence-corrected chi connectivity index (χ3v) is 3.99. The van der Waals surface area contributed by atoms with Crippen molar-refractivity contribution >= 4 is 11.7 Å². The molecule has 1 saturated heterocycles. The van der Waals surface area contributed by atoms with Crippen LogP contribution in [0, 0.1) is 0 Å². The molecule has 108 valence electrons. The van der Waals surface area contributed by atoms with Crippen LogP contribution in [0.4, 0.5) is 5.69 Å². The number of carbonyl (C=O) groups excluding carboxylic acids is 1. The van der Waals surface area contributed by atoms with Crippen molar-refractivity contribution in [2.24, 2.45) is 0 Å². The predicted molar refractivity (Wildman–Crippen MR) is 76.7 cm³/mol. The molecule has 0 aliphatic carbocycles. The number of anilines is 1. The Morgan fingerprint density at radius 2 is 1.95 bits per heavy atom. The van der Waals surface area contributed by atoms with Gasteiger partial charge in [-0.2, -0.15) is 0 Å². The van der Waals surface area contributed by atoms with Crippen molar-refractivity contribution in [1.82, 2.24) is 0 Å². The van der Waals surface area contributed by atoms with Gasteiger partial charge in [0.25, 0.3) is 0 Å². The van der Waals surface area contributed by atoms with Gasteiger partial charge in [-0.3, -0.25) is 0 Å². The van der Waals surface area contributed by atoms with Gasteiger partial charge in [-0.05, 0) is 25.5 Å². The molecule has 1 fully saturated rings. The van der Waals surface area contributed by atoms with E-state index in [0.717, 1.165) is 18.5 Å². The van der Waals surface area contributed by atoms with E-state index < -0.39 is 0 Å². The van der Waals surface area contributed by atoms with Crippen molar-refractivity contribution in [2.75, 3.05) is 5.32 Å². The number of rotatable bonds is 2. The monoisotopic (exact) mass is 275 g/mol. The summed E-state index contributed by atoms with van der Waals surface area (Å²) in [5.41, 5.74) is 2.23. The lowest BCUT2D eigenvalue weighted by Crippen LogP contribution is -2.39. The van der Waals surface area contributed by atoms with Gasteiger partial charge >= 0.3 is 5.97 Å². The summed E-state index contributed by atoms with van der Waals surface area (Å²) in [6.45, 7) is 4.06. The highest BCUT2D eigenvalue weighted by atomic mass is 16.6. The Labute approximate surface area is 119 Å². The molecule has 0 spiro atoms. The van der Waals surface area contributed by atoms with Crippen LogP contribution in [0.2, 0.25) is 0 Å². The first kappa shape index (κ1) is 13.4. The van der Waals surface area contributed by atoms with E-state index in [1.54, 1.807) is 0 Å². The van der Waals surface area contributed by atoms with Gasteiger partial charge in [0.15, 0.2) is 0 Å². The van der Waals surface area contributed by atoms with E-state index in [-0.39, 0.29) is 30.3 Å². The fourth-order valence-electron chi connectivity index (χ4n) is 3.13. The van der Waals surface area contributed by atoms with Crippen LogP contribution >= 0.6 is 0 Å². The van der Waals surface area contributed by atoms with Gasteiger partial charge in [0.1, 0.15) is 12.1 Å². The van der Waals surface area contributed by atoms with E-state index in [1.165, 1.54) is 5.56 Å². The molecule has 4 heteroatoms. The summed E-state index contributed by atoms with van der Waals surface area (Å²) in [6.07, 6.45) is 2.58. The molecule has 2 aliphatic rings. The minimum absolute atomic E-state index is 0.0215. The highest BCUT2D eigenvalue weighted by Crippen LogP contribution is 2.27. The molecule has 4 nitrogen and oxygen atoms in total. The van der Waals surface area contributed by atoms with E-state index in [2.05, 4.69) is 5.32 Å². The molecule has 20 heavy (non-hydrogen) atoms. The summed E-state index contributed by atoms with van der Waals surface area (Å²) in [4.78, 5) is 12.3. The standard InChI is InChI=1S/C16H21NO3/c1-10-7-13(8-11(2)19-10)20-16(18)15-9-12-5-3-4-6-14(12)17-15/h3-6,10-11,13,15,17H,7-9H2,1-2H3. The zero-order valence-corrected chi connectivity index (χ0v) is 12.0. The normalized spacial score (nSPS) is 32.3. The first-order valence-electron chi connectivity index (χ1n) is 7.32. The average Bonchev–Trinajstić information content (AvgIpc) is 2.81. The van der Waals surface area contributed by atoms with Gasteiger partial charge in [0, 0.05) is 24.9 Å². The van der Waals surface area contributed by atoms with Crippen molar-refractivity contribution < 1.29 is 14.3 Å². The molecule has 0 bridgehead atoms. The number of para-hydroxylation sites is 1. The zero-order chi connectivity index (χ0) is 14.1. The van der Waals surface area contributed by atoms with Crippen LogP contribution in [-0.2, 0) is 20.7 Å². The Hall–Kier alpha value is -1.55. The molecule has 1 N–H and O–H groups in total. The first-order valence-corrected chi connectivity index (χ1v) is 7.32. The summed E-state index contributed by atoms with van der Waals surface area (Å²) >= 11 is 0. The van der Waals surface area contributed by atoms with Gasteiger partial charge in [0.2, 0.25) is 0 Å². The second kappa shape index (κ2) is 5.44. The molecule has 0 amide bonds. The van der Waals surface area contributed by atoms with E-state index >= 15 is 0 Å². The second-order valence-electron chi connectivity index (χ2n) is 5.85. The number of fused-ring (bicyclic) bond motifs is 1. The van der Waals surface area contributed by atoms with E-state index in [0.29, 0.717) is 6.42 Å². The van der Waals surface area contributed by atoms with E-state index in [4.69, 9.17) is 9.47 Å². The van der Waals surface area contributed by atoms with Crippen molar-refractivity contribution in [1.29, 1.82) is 0 Å². The molecule has 1 aromatic carbocycles. The Morgan fingerprint density at radius 3 is 2.65 bits per heavy atom. The van der Waals surface area contributed by atoms with Crippen molar-refractivity contribution in [3.8, 4) is 0 Å². The number of hydrogen-bond donors (Lipinski definition) is 1. The lowest BCUT2D eigenvalue weighted by atomic mass is 10.0. The van der Waals surface area contributed by atoms with Crippen molar-refractivity contribution in [2.45, 2.75) is 57.5 Å². The molecule has 3 rings (SSSR count). The average molecular weight is 275 g/mol. The summed E-state index contributed by atoms with van der Waals surface area (Å²) in [7, 11) is 0. The Bertz CT molecular complexity index is 467. The molecule has 3 unspecified atom stereocenters. The number of nitrogens with one attached hydrogen (secondary N) is 1. The Morgan fingerprint density at radius 1 is 1.25 bits per heavy atom. The number of esters is 1. The number of ether oxygens (including phenoxy) is 2. The molecule has 1 aromatic rings. The SMILES string of the molecule is CC1CC(OC(=O)C2Cc3ccccc3N2)CC(C)O1. The minimum atomic E-state index is -0.249. The number of benzene rings is 1. The van der Waals surface area contributed by atoms with Crippen LogP contribution in [0.5, 0.6) is 0 Å². The van der Waals surface area contributed by atoms with Crippen LogP contribution in [-0.4, -0.2) is 30.3 Å². The maximum Gasteiger partial charge on any atom is 0.329 e. The van der Waals surface area contributed by atoms with Gasteiger partial charge in [-0.15, -0.1) is 0 Å². The molecule has 0 radical (unpaired) electrons. The van der Waals surface area contributed by atoms with Gasteiger partial charge in [0.05, 0.1) is 12.2 Å². The van der Waals surface area contributed by atoms with E-state index in [9.17, 15) is 4.79 Å². The third-order valence-electron chi connectivity index (χ3n) is 3.99. The Balaban J connectivity index is 1.58. The molecule has 2 aliphatic heterocycles. The summed E-state index contributed by atoms with van der Waals surface area (Å²) in [5.74, 6) is -0.146. The summed E-state index contributed by atoms with van der Waals surface area (Å²) < 4.78 is 11.3. The summed E-state index contributed by atoms with van der Waals surface area (Å²) in [6, 6.07) is 7.77. The minimum Gasteiger partial charge on any atom is -0.461 e. The Kier molecular flexibility index (Phi) is 3.66. The summed E-state index contributed by atoms with van der Waals surface area (Å²) in [5, 5.41) is 3.24. The maximum absolute atomic E-state index is 12.3. The molecule has 2 heterocycles. The van der Waals surface area contributed by atoms with Crippen LogP contribution < -0.4 is 5.32 Å². The fourth-order valence-corrected chi connectivity index (χ4v) is 3.13. The van der Waals surface area contributed by atoms with Crippen molar-refractivity contribution in [3.63, 3.8) is 0 Å². The smallest absolute Gasteiger partial charge is 0.329 e. The zero-order valence-electron chi connectivity index (χ0n) is 12.0. The van der Waals surface area contributed by atoms with Crippen LogP contribution in [0.3, 0.4) is 0 Å². The lowest BCUT2D eigenvalue weighted by Gasteiger charge is -2.32. The van der Waals surface area contributed by atoms with Crippen LogP contribution in [0.25, 0.3) is 0 Å². The molecular weight excluding hydrogens is 254 g/mol. The van der Waals surface area contributed by atoms with Gasteiger partial charge in [-0.1, -0.05) is 18.2 Å². The molecule has 0 saturated carbocycles. The van der Waals surface area contributed by atoms with Crippen molar-refractivity contribution in [3.05, 3.63) is 29.8 Å². The third kappa shape index (κ3) is 2.80. The van der Waals surface area contributed by atoms with E-state index in [1.807, 2.05) is 38.1 Å². The molecule has 0 aromatic heterocycles. The first-order chi connectivity index (χ1) is 9.61. The largest absolute Gasteiger partial charge is 0.461 e. The number of hydrogen-bond acceptors (Lipinski definition) is 4. The quantitative estimate of drug-likeness (QED) is 0.843.